The lowest BCUT2D eigenvalue weighted by molar-refractivity contribution is -0.124. The molecule has 3 aromatic rings. The summed E-state index contributed by atoms with van der Waals surface area (Å²) in [7, 11) is 1.52. The van der Waals surface area contributed by atoms with E-state index in [1.165, 1.54) is 11.9 Å². The molecule has 0 fully saturated rings. The Balaban J connectivity index is 1.52. The number of aryl methyl sites for hydroxylation is 1. The molecule has 0 bridgehead atoms. The summed E-state index contributed by atoms with van der Waals surface area (Å²) in [5.41, 5.74) is 2.30. The highest BCUT2D eigenvalue weighted by atomic mass is 79.9. The molecule has 1 heterocycles. The molecule has 0 aliphatic rings. The minimum Gasteiger partial charge on any atom is -0.495 e. The van der Waals surface area contributed by atoms with E-state index < -0.39 is 5.91 Å². The molecule has 0 unspecified atom stereocenters. The van der Waals surface area contributed by atoms with Crippen molar-refractivity contribution < 1.29 is 14.3 Å². The van der Waals surface area contributed by atoms with Gasteiger partial charge in [-0.1, -0.05) is 22.0 Å². The number of nitrogens with one attached hydrogen (secondary N) is 2. The molecule has 10 heteroatoms. The Morgan fingerprint density at radius 1 is 1.14 bits per heavy atom. The van der Waals surface area contributed by atoms with Crippen LogP contribution in [-0.2, 0) is 16.1 Å². The van der Waals surface area contributed by atoms with Gasteiger partial charge in [0.25, 0.3) is 0 Å². The van der Waals surface area contributed by atoms with Crippen molar-refractivity contribution in [2.45, 2.75) is 13.5 Å². The summed E-state index contributed by atoms with van der Waals surface area (Å²) in [5.74, 6) is 0.178. The molecule has 2 N–H and O–H groups in total. The number of anilines is 1. The molecule has 0 aliphatic carbocycles. The Kier molecular flexibility index (Phi) is 6.55. The molecule has 2 aromatic carbocycles. The molecule has 0 atom stereocenters. The Hall–Kier alpha value is -3.27. The van der Waals surface area contributed by atoms with Crippen LogP contribution in [0.2, 0.25) is 0 Å². The van der Waals surface area contributed by atoms with Crippen molar-refractivity contribution in [3.8, 4) is 17.1 Å². The quantitative estimate of drug-likeness (QED) is 0.561. The number of halogens is 1. The van der Waals surface area contributed by atoms with Crippen LogP contribution in [0.3, 0.4) is 0 Å². The van der Waals surface area contributed by atoms with Crippen molar-refractivity contribution in [3.63, 3.8) is 0 Å². The van der Waals surface area contributed by atoms with Crippen molar-refractivity contribution in [2.24, 2.45) is 0 Å². The van der Waals surface area contributed by atoms with E-state index in [0.29, 0.717) is 17.3 Å². The fourth-order valence-corrected chi connectivity index (χ4v) is 2.77. The monoisotopic (exact) mass is 458 g/mol. The van der Waals surface area contributed by atoms with Crippen LogP contribution in [0, 0.1) is 6.92 Å². The van der Waals surface area contributed by atoms with E-state index in [9.17, 15) is 9.59 Å². The van der Waals surface area contributed by atoms with E-state index in [2.05, 4.69) is 42.0 Å². The Morgan fingerprint density at radius 2 is 1.90 bits per heavy atom. The van der Waals surface area contributed by atoms with Crippen LogP contribution in [0.5, 0.6) is 5.75 Å². The highest BCUT2D eigenvalue weighted by Gasteiger charge is 2.12. The van der Waals surface area contributed by atoms with Crippen molar-refractivity contribution >= 4 is 33.4 Å². The largest absolute Gasteiger partial charge is 0.495 e. The number of carbonyl (C=O) groups is 2. The third-order valence-electron chi connectivity index (χ3n) is 3.92. The second kappa shape index (κ2) is 9.28. The van der Waals surface area contributed by atoms with Gasteiger partial charge in [-0.25, -0.2) is 0 Å². The molecule has 0 aliphatic heterocycles. The number of nitrogens with zero attached hydrogens (tertiary/aromatic N) is 4. The van der Waals surface area contributed by atoms with Crippen molar-refractivity contribution in [2.75, 3.05) is 19.0 Å². The number of methoxy groups -OCH3 is 1. The number of amides is 2. The predicted molar refractivity (Wildman–Crippen MR) is 110 cm³/mol. The van der Waals surface area contributed by atoms with Crippen LogP contribution in [0.25, 0.3) is 11.4 Å². The fourth-order valence-electron chi connectivity index (χ4n) is 2.50. The number of benzene rings is 2. The second-order valence-corrected chi connectivity index (χ2v) is 7.09. The first-order valence-electron chi connectivity index (χ1n) is 8.69. The van der Waals surface area contributed by atoms with Crippen LogP contribution >= 0.6 is 15.9 Å². The zero-order valence-electron chi connectivity index (χ0n) is 15.8. The third-order valence-corrected chi connectivity index (χ3v) is 4.44. The van der Waals surface area contributed by atoms with Gasteiger partial charge in [0.2, 0.25) is 17.6 Å². The van der Waals surface area contributed by atoms with Gasteiger partial charge in [-0.05, 0) is 54.1 Å². The molecule has 0 saturated carbocycles. The van der Waals surface area contributed by atoms with Crippen molar-refractivity contribution in [3.05, 3.63) is 52.5 Å². The maximum Gasteiger partial charge on any atom is 0.244 e. The van der Waals surface area contributed by atoms with E-state index in [1.54, 1.807) is 12.1 Å². The Morgan fingerprint density at radius 3 is 2.62 bits per heavy atom. The van der Waals surface area contributed by atoms with Gasteiger partial charge in [-0.15, -0.1) is 10.2 Å². The second-order valence-electron chi connectivity index (χ2n) is 6.18. The number of carbonyl (C=O) groups excluding carboxylic acids is 2. The summed E-state index contributed by atoms with van der Waals surface area (Å²) in [6, 6.07) is 12.9. The summed E-state index contributed by atoms with van der Waals surface area (Å²) in [6.07, 6.45) is 0. The van der Waals surface area contributed by atoms with Gasteiger partial charge in [-0.2, -0.15) is 4.80 Å². The molecule has 150 valence electrons. The van der Waals surface area contributed by atoms with Gasteiger partial charge in [0.05, 0.1) is 19.3 Å². The number of aromatic nitrogens is 4. The van der Waals surface area contributed by atoms with E-state index >= 15 is 0 Å². The van der Waals surface area contributed by atoms with Crippen LogP contribution in [-0.4, -0.2) is 45.7 Å². The molecular formula is C19H19BrN6O3. The summed E-state index contributed by atoms with van der Waals surface area (Å²) in [5, 5.41) is 17.2. The van der Waals surface area contributed by atoms with E-state index in [0.717, 1.165) is 15.6 Å². The average Bonchev–Trinajstić information content (AvgIpc) is 3.15. The van der Waals surface area contributed by atoms with Crippen LogP contribution in [0.15, 0.2) is 46.9 Å². The highest BCUT2D eigenvalue weighted by molar-refractivity contribution is 9.10. The van der Waals surface area contributed by atoms with Gasteiger partial charge in [0.15, 0.2) is 0 Å². The molecular weight excluding hydrogens is 440 g/mol. The van der Waals surface area contributed by atoms with Crippen LogP contribution in [0.1, 0.15) is 5.56 Å². The first kappa shape index (κ1) is 20.5. The lowest BCUT2D eigenvalue weighted by atomic mass is 10.2. The minimum absolute atomic E-state index is 0.148. The zero-order valence-corrected chi connectivity index (χ0v) is 17.4. The normalized spacial score (nSPS) is 10.4. The van der Waals surface area contributed by atoms with Gasteiger partial charge in [0, 0.05) is 10.0 Å². The first-order chi connectivity index (χ1) is 13.9. The topological polar surface area (TPSA) is 111 Å². The Labute approximate surface area is 175 Å². The van der Waals surface area contributed by atoms with Gasteiger partial charge in [0.1, 0.15) is 12.3 Å². The number of hydrogen-bond donors (Lipinski definition) is 2. The lowest BCUT2D eigenvalue weighted by Gasteiger charge is -2.11. The molecule has 0 spiro atoms. The maximum absolute atomic E-state index is 12.1. The number of rotatable bonds is 7. The zero-order chi connectivity index (χ0) is 20.8. The van der Waals surface area contributed by atoms with E-state index in [1.807, 2.05) is 37.3 Å². The summed E-state index contributed by atoms with van der Waals surface area (Å²) in [4.78, 5) is 25.4. The smallest absolute Gasteiger partial charge is 0.244 e. The molecule has 0 saturated heterocycles. The van der Waals surface area contributed by atoms with E-state index in [4.69, 9.17) is 4.74 Å². The number of tetrazole rings is 1. The van der Waals surface area contributed by atoms with Crippen LogP contribution < -0.4 is 15.4 Å². The standard InChI is InChI=1S/C19H19BrN6O3/c1-12-3-8-16(29-2)15(9-12)22-17(27)10-21-18(28)11-26-24-19(23-25-26)13-4-6-14(20)7-5-13/h3-9H,10-11H2,1-2H3,(H,21,28)(H,22,27). The Bertz CT molecular complexity index is 1020. The minimum atomic E-state index is -0.406. The van der Waals surface area contributed by atoms with Gasteiger partial charge < -0.3 is 15.4 Å². The SMILES string of the molecule is COc1ccc(C)cc1NC(=O)CNC(=O)Cn1nnc(-c2ccc(Br)cc2)n1. The first-order valence-corrected chi connectivity index (χ1v) is 9.49. The maximum atomic E-state index is 12.1. The van der Waals surface area contributed by atoms with Crippen molar-refractivity contribution in [1.82, 2.24) is 25.5 Å². The third kappa shape index (κ3) is 5.61. The fraction of sp³-hybridized carbons (Fsp3) is 0.211. The summed E-state index contributed by atoms with van der Waals surface area (Å²) >= 11 is 3.36. The number of ether oxygens (including phenoxy) is 1. The molecule has 3 rings (SSSR count). The molecule has 29 heavy (non-hydrogen) atoms. The molecule has 1 aromatic heterocycles. The molecule has 0 radical (unpaired) electrons. The predicted octanol–water partition coefficient (Wildman–Crippen LogP) is 2.17. The lowest BCUT2D eigenvalue weighted by Crippen LogP contribution is -2.35. The number of hydrogen-bond acceptors (Lipinski definition) is 6. The summed E-state index contributed by atoms with van der Waals surface area (Å²) < 4.78 is 6.16. The van der Waals surface area contributed by atoms with Gasteiger partial charge in [-0.3, -0.25) is 9.59 Å². The summed E-state index contributed by atoms with van der Waals surface area (Å²) in [6.45, 7) is 1.57. The van der Waals surface area contributed by atoms with Crippen molar-refractivity contribution in [1.29, 1.82) is 0 Å². The molecule has 9 nitrogen and oxygen atoms in total. The van der Waals surface area contributed by atoms with E-state index in [-0.39, 0.29) is 19.0 Å². The van der Waals surface area contributed by atoms with Crippen LogP contribution in [0.4, 0.5) is 5.69 Å². The average molecular weight is 459 g/mol. The molecule has 2 amide bonds. The van der Waals surface area contributed by atoms with Gasteiger partial charge >= 0.3 is 0 Å². The highest BCUT2D eigenvalue weighted by Crippen LogP contribution is 2.24.